The van der Waals surface area contributed by atoms with Gasteiger partial charge < -0.3 is 9.64 Å². The van der Waals surface area contributed by atoms with Gasteiger partial charge in [0.05, 0.1) is 10.5 Å². The van der Waals surface area contributed by atoms with Crippen LogP contribution in [0.25, 0.3) is 6.08 Å². The zero-order valence-electron chi connectivity index (χ0n) is 15.1. The smallest absolute Gasteiger partial charge is 0.331 e. The molecule has 0 radical (unpaired) electrons. The van der Waals surface area contributed by atoms with Gasteiger partial charge in [0.2, 0.25) is 0 Å². The summed E-state index contributed by atoms with van der Waals surface area (Å²) in [7, 11) is 0. The molecular weight excluding hydrogens is 348 g/mol. The van der Waals surface area contributed by atoms with Gasteiger partial charge in [-0.25, -0.2) is 4.79 Å². The SMILES string of the molecule is CCN(C(=O)[C@H](C)OC(=O)/C=C/c1ccccc1[N+](=O)[O-])c1ccccc1. The van der Waals surface area contributed by atoms with E-state index in [9.17, 15) is 19.7 Å². The molecule has 140 valence electrons. The lowest BCUT2D eigenvalue weighted by molar-refractivity contribution is -0.385. The molecule has 0 bridgehead atoms. The molecule has 0 aliphatic rings. The zero-order chi connectivity index (χ0) is 19.8. The molecule has 2 rings (SSSR count). The Morgan fingerprint density at radius 3 is 2.41 bits per heavy atom. The van der Waals surface area contributed by atoms with Crippen molar-refractivity contribution in [1.29, 1.82) is 0 Å². The third-order valence-electron chi connectivity index (χ3n) is 3.82. The number of anilines is 1. The Balaban J connectivity index is 2.05. The van der Waals surface area contributed by atoms with Crippen LogP contribution in [0, 0.1) is 10.1 Å². The van der Waals surface area contributed by atoms with Crippen molar-refractivity contribution in [3.05, 3.63) is 76.4 Å². The molecular formula is C20H20N2O5. The second-order valence-electron chi connectivity index (χ2n) is 5.65. The van der Waals surface area contributed by atoms with Crippen molar-refractivity contribution >= 4 is 29.3 Å². The summed E-state index contributed by atoms with van der Waals surface area (Å²) in [4.78, 5) is 36.5. The number of benzene rings is 2. The number of hydrogen-bond acceptors (Lipinski definition) is 5. The maximum atomic E-state index is 12.6. The van der Waals surface area contributed by atoms with Crippen molar-refractivity contribution in [2.45, 2.75) is 20.0 Å². The molecule has 7 heteroatoms. The average Bonchev–Trinajstić information content (AvgIpc) is 2.67. The van der Waals surface area contributed by atoms with Gasteiger partial charge in [0, 0.05) is 24.4 Å². The van der Waals surface area contributed by atoms with Crippen molar-refractivity contribution in [1.82, 2.24) is 0 Å². The largest absolute Gasteiger partial charge is 0.449 e. The van der Waals surface area contributed by atoms with E-state index in [2.05, 4.69) is 0 Å². The van der Waals surface area contributed by atoms with E-state index in [1.165, 1.54) is 36.1 Å². The number of esters is 1. The molecule has 0 heterocycles. The second kappa shape index (κ2) is 9.28. The molecule has 0 unspecified atom stereocenters. The fourth-order valence-electron chi connectivity index (χ4n) is 2.51. The Morgan fingerprint density at radius 2 is 1.78 bits per heavy atom. The summed E-state index contributed by atoms with van der Waals surface area (Å²) in [6.07, 6.45) is 1.38. The van der Waals surface area contributed by atoms with Gasteiger partial charge in [0.15, 0.2) is 6.10 Å². The Bertz CT molecular complexity index is 848. The number of nitro groups is 1. The Kier molecular flexibility index (Phi) is 6.82. The summed E-state index contributed by atoms with van der Waals surface area (Å²) in [5.41, 5.74) is 0.869. The fraction of sp³-hybridized carbons (Fsp3) is 0.200. The lowest BCUT2D eigenvalue weighted by atomic mass is 10.1. The highest BCUT2D eigenvalue weighted by Crippen LogP contribution is 2.19. The molecule has 1 atom stereocenters. The van der Waals surface area contributed by atoms with Gasteiger partial charge in [-0.1, -0.05) is 30.3 Å². The Hall–Kier alpha value is -3.48. The highest BCUT2D eigenvalue weighted by Gasteiger charge is 2.23. The van der Waals surface area contributed by atoms with E-state index in [1.807, 2.05) is 25.1 Å². The minimum absolute atomic E-state index is 0.119. The summed E-state index contributed by atoms with van der Waals surface area (Å²) in [6.45, 7) is 3.75. The Morgan fingerprint density at radius 1 is 1.15 bits per heavy atom. The molecule has 0 N–H and O–H groups in total. The van der Waals surface area contributed by atoms with E-state index in [0.29, 0.717) is 12.2 Å². The van der Waals surface area contributed by atoms with Crippen LogP contribution in [-0.2, 0) is 14.3 Å². The minimum Gasteiger partial charge on any atom is -0.449 e. The lowest BCUT2D eigenvalue weighted by Gasteiger charge is -2.24. The van der Waals surface area contributed by atoms with Crippen LogP contribution in [0.3, 0.4) is 0 Å². The van der Waals surface area contributed by atoms with E-state index in [-0.39, 0.29) is 17.2 Å². The quantitative estimate of drug-likeness (QED) is 0.322. The van der Waals surface area contributed by atoms with E-state index in [4.69, 9.17) is 4.74 Å². The van der Waals surface area contributed by atoms with Crippen LogP contribution in [-0.4, -0.2) is 29.4 Å². The van der Waals surface area contributed by atoms with E-state index >= 15 is 0 Å². The zero-order valence-corrected chi connectivity index (χ0v) is 15.1. The molecule has 0 aliphatic heterocycles. The molecule has 2 aromatic rings. The maximum absolute atomic E-state index is 12.6. The predicted molar refractivity (Wildman–Crippen MR) is 102 cm³/mol. The van der Waals surface area contributed by atoms with E-state index in [0.717, 1.165) is 6.08 Å². The molecule has 0 aliphatic carbocycles. The van der Waals surface area contributed by atoms with Crippen LogP contribution < -0.4 is 4.90 Å². The summed E-state index contributed by atoms with van der Waals surface area (Å²) >= 11 is 0. The molecule has 0 saturated heterocycles. The molecule has 27 heavy (non-hydrogen) atoms. The van der Waals surface area contributed by atoms with E-state index in [1.54, 1.807) is 18.2 Å². The molecule has 1 amide bonds. The summed E-state index contributed by atoms with van der Waals surface area (Å²) in [5, 5.41) is 11.0. The fourth-order valence-corrected chi connectivity index (χ4v) is 2.51. The first-order valence-corrected chi connectivity index (χ1v) is 8.42. The number of amides is 1. The molecule has 7 nitrogen and oxygen atoms in total. The molecule has 0 fully saturated rings. The number of rotatable bonds is 7. The van der Waals surface area contributed by atoms with Crippen molar-refractivity contribution in [2.75, 3.05) is 11.4 Å². The summed E-state index contributed by atoms with van der Waals surface area (Å²) in [6, 6.07) is 15.1. The first-order valence-electron chi connectivity index (χ1n) is 8.42. The third kappa shape index (κ3) is 5.24. The van der Waals surface area contributed by atoms with Crippen molar-refractivity contribution in [3.8, 4) is 0 Å². The second-order valence-corrected chi connectivity index (χ2v) is 5.65. The first kappa shape index (κ1) is 19.8. The number of hydrogen-bond donors (Lipinski definition) is 0. The van der Waals surface area contributed by atoms with Gasteiger partial charge in [-0.3, -0.25) is 14.9 Å². The van der Waals surface area contributed by atoms with Gasteiger partial charge in [-0.15, -0.1) is 0 Å². The van der Waals surface area contributed by atoms with Crippen molar-refractivity contribution in [3.63, 3.8) is 0 Å². The van der Waals surface area contributed by atoms with Gasteiger partial charge >= 0.3 is 5.97 Å². The number of para-hydroxylation sites is 2. The topological polar surface area (TPSA) is 89.8 Å². The average molecular weight is 368 g/mol. The standard InChI is InChI=1S/C20H20N2O5/c1-3-21(17-10-5-4-6-11-17)20(24)15(2)27-19(23)14-13-16-9-7-8-12-18(16)22(25)26/h4-15H,3H2,1-2H3/b14-13+/t15-/m0/s1. The highest BCUT2D eigenvalue weighted by atomic mass is 16.6. The predicted octanol–water partition coefficient (Wildman–Crippen LogP) is 3.59. The van der Waals surface area contributed by atoms with Crippen molar-refractivity contribution in [2.24, 2.45) is 0 Å². The molecule has 2 aromatic carbocycles. The molecule has 0 spiro atoms. The van der Waals surface area contributed by atoms with Crippen LogP contribution in [0.1, 0.15) is 19.4 Å². The lowest BCUT2D eigenvalue weighted by Crippen LogP contribution is -2.39. The van der Waals surface area contributed by atoms with Crippen LogP contribution >= 0.6 is 0 Å². The van der Waals surface area contributed by atoms with Gasteiger partial charge in [0.1, 0.15) is 0 Å². The van der Waals surface area contributed by atoms with Crippen LogP contribution in [0.5, 0.6) is 0 Å². The maximum Gasteiger partial charge on any atom is 0.331 e. The van der Waals surface area contributed by atoms with Gasteiger partial charge in [-0.05, 0) is 38.1 Å². The molecule has 0 saturated carbocycles. The number of nitro benzene ring substituents is 1. The monoisotopic (exact) mass is 368 g/mol. The van der Waals surface area contributed by atoms with Gasteiger partial charge in [-0.2, -0.15) is 0 Å². The number of carbonyl (C=O) groups is 2. The van der Waals surface area contributed by atoms with Crippen LogP contribution in [0.2, 0.25) is 0 Å². The summed E-state index contributed by atoms with van der Waals surface area (Å²) < 4.78 is 5.15. The van der Waals surface area contributed by atoms with Crippen LogP contribution in [0.4, 0.5) is 11.4 Å². The highest BCUT2D eigenvalue weighted by molar-refractivity contribution is 5.98. The number of carbonyl (C=O) groups excluding carboxylic acids is 2. The van der Waals surface area contributed by atoms with E-state index < -0.39 is 17.0 Å². The number of likely N-dealkylation sites (N-methyl/N-ethyl adjacent to an activating group) is 1. The summed E-state index contributed by atoms with van der Waals surface area (Å²) in [5.74, 6) is -1.10. The number of nitrogens with zero attached hydrogens (tertiary/aromatic N) is 2. The molecule has 0 aromatic heterocycles. The third-order valence-corrected chi connectivity index (χ3v) is 3.82. The van der Waals surface area contributed by atoms with Gasteiger partial charge in [0.25, 0.3) is 11.6 Å². The van der Waals surface area contributed by atoms with Crippen LogP contribution in [0.15, 0.2) is 60.7 Å². The Labute approximate surface area is 157 Å². The van der Waals surface area contributed by atoms with Crippen molar-refractivity contribution < 1.29 is 19.2 Å². The normalized spacial score (nSPS) is 11.8. The first-order chi connectivity index (χ1) is 12.9. The number of ether oxygens (including phenoxy) is 1. The minimum atomic E-state index is -0.993.